The number of amides is 1. The third-order valence-electron chi connectivity index (χ3n) is 5.85. The van der Waals surface area contributed by atoms with Gasteiger partial charge in [0.1, 0.15) is 0 Å². The Morgan fingerprint density at radius 1 is 1.28 bits per heavy atom. The van der Waals surface area contributed by atoms with Gasteiger partial charge in [0.2, 0.25) is 0 Å². The number of benzene rings is 1. The minimum Gasteiger partial charge on any atom is -0.393 e. The van der Waals surface area contributed by atoms with Crippen molar-refractivity contribution in [1.82, 2.24) is 14.5 Å². The average Bonchev–Trinajstić information content (AvgIpc) is 3.32. The highest BCUT2D eigenvalue weighted by Crippen LogP contribution is 2.31. The van der Waals surface area contributed by atoms with Crippen LogP contribution < -0.4 is 5.69 Å². The summed E-state index contributed by atoms with van der Waals surface area (Å²) < 4.78 is 1.86. The topological polar surface area (TPSA) is 78.3 Å². The third kappa shape index (κ3) is 2.88. The molecule has 134 valence electrons. The molecule has 2 aliphatic rings. The van der Waals surface area contributed by atoms with Gasteiger partial charge in [0, 0.05) is 30.6 Å². The number of aromatic amines is 1. The Hall–Kier alpha value is -2.08. The van der Waals surface area contributed by atoms with E-state index < -0.39 is 6.10 Å². The molecular weight excluding hydrogens is 318 g/mol. The van der Waals surface area contributed by atoms with Crippen molar-refractivity contribution in [1.29, 1.82) is 0 Å². The zero-order valence-corrected chi connectivity index (χ0v) is 14.6. The number of fused-ring (bicyclic) bond motifs is 1. The highest BCUT2D eigenvalue weighted by atomic mass is 16.3. The maximum absolute atomic E-state index is 12.8. The number of aromatic nitrogens is 2. The molecule has 2 atom stereocenters. The fourth-order valence-electron chi connectivity index (χ4n) is 4.34. The number of rotatable bonds is 3. The van der Waals surface area contributed by atoms with Gasteiger partial charge in [0.25, 0.3) is 5.91 Å². The van der Waals surface area contributed by atoms with Gasteiger partial charge >= 0.3 is 5.69 Å². The Bertz CT molecular complexity index is 845. The molecule has 1 saturated carbocycles. The molecule has 1 aromatic carbocycles. The van der Waals surface area contributed by atoms with Crippen molar-refractivity contribution in [3.05, 3.63) is 34.2 Å². The van der Waals surface area contributed by atoms with Gasteiger partial charge in [-0.3, -0.25) is 9.36 Å². The lowest BCUT2D eigenvalue weighted by Crippen LogP contribution is -2.30. The van der Waals surface area contributed by atoms with Gasteiger partial charge in [-0.05, 0) is 44.4 Å². The van der Waals surface area contributed by atoms with Crippen LogP contribution in [0.25, 0.3) is 11.0 Å². The van der Waals surface area contributed by atoms with Crippen LogP contribution in [-0.2, 0) is 0 Å². The summed E-state index contributed by atoms with van der Waals surface area (Å²) in [7, 11) is 0. The molecule has 0 bridgehead atoms. The summed E-state index contributed by atoms with van der Waals surface area (Å²) >= 11 is 0. The number of carbonyl (C=O) groups is 1. The highest BCUT2D eigenvalue weighted by Gasteiger charge is 2.30. The molecule has 1 aromatic heterocycles. The second-order valence-corrected chi connectivity index (χ2v) is 7.51. The minimum atomic E-state index is -0.392. The van der Waals surface area contributed by atoms with E-state index in [0.717, 1.165) is 30.3 Å². The van der Waals surface area contributed by atoms with Crippen molar-refractivity contribution < 1.29 is 9.90 Å². The van der Waals surface area contributed by atoms with E-state index in [1.54, 1.807) is 17.9 Å². The molecule has 2 unspecified atom stereocenters. The number of hydrogen-bond donors (Lipinski definition) is 2. The Kier molecular flexibility index (Phi) is 4.15. The summed E-state index contributed by atoms with van der Waals surface area (Å²) in [5.41, 5.74) is 2.13. The second-order valence-electron chi connectivity index (χ2n) is 7.51. The fraction of sp³-hybridized carbons (Fsp3) is 0.579. The maximum Gasteiger partial charge on any atom is 0.326 e. The number of hydrogen-bond acceptors (Lipinski definition) is 3. The molecule has 0 spiro atoms. The van der Waals surface area contributed by atoms with E-state index in [-0.39, 0.29) is 23.6 Å². The van der Waals surface area contributed by atoms with E-state index in [0.29, 0.717) is 18.7 Å². The molecule has 1 amide bonds. The van der Waals surface area contributed by atoms with E-state index in [1.807, 2.05) is 16.7 Å². The molecule has 6 heteroatoms. The highest BCUT2D eigenvalue weighted by molar-refractivity contribution is 5.97. The SMILES string of the molecule is CC(O)C1CCN(C(=O)c2ccc3c(c2)[nH]c(=O)n3C2CCCC2)C1. The molecule has 2 N–H and O–H groups in total. The van der Waals surface area contributed by atoms with Gasteiger partial charge in [0.15, 0.2) is 0 Å². The number of aliphatic hydroxyl groups excluding tert-OH is 1. The second kappa shape index (κ2) is 6.33. The van der Waals surface area contributed by atoms with Crippen LogP contribution in [0.15, 0.2) is 23.0 Å². The van der Waals surface area contributed by atoms with Crippen molar-refractivity contribution in [2.24, 2.45) is 5.92 Å². The van der Waals surface area contributed by atoms with E-state index in [1.165, 1.54) is 12.8 Å². The third-order valence-corrected chi connectivity index (χ3v) is 5.85. The number of aliphatic hydroxyl groups is 1. The standard InChI is InChI=1S/C19H25N3O3/c1-12(23)14-8-9-21(11-14)18(24)13-6-7-17-16(10-13)20-19(25)22(17)15-4-2-3-5-15/h6-7,10,12,14-15,23H,2-5,8-9,11H2,1H3,(H,20,25). The maximum atomic E-state index is 12.8. The molecule has 25 heavy (non-hydrogen) atoms. The summed E-state index contributed by atoms with van der Waals surface area (Å²) in [6.07, 6.45) is 4.86. The van der Waals surface area contributed by atoms with Crippen molar-refractivity contribution in [3.63, 3.8) is 0 Å². The predicted octanol–water partition coefficient (Wildman–Crippen LogP) is 2.29. The fourth-order valence-corrected chi connectivity index (χ4v) is 4.34. The van der Waals surface area contributed by atoms with Gasteiger partial charge in [0.05, 0.1) is 17.1 Å². The van der Waals surface area contributed by atoms with Crippen LogP contribution in [0.1, 0.15) is 55.4 Å². The van der Waals surface area contributed by atoms with Crippen LogP contribution in [0.2, 0.25) is 0 Å². The van der Waals surface area contributed by atoms with Gasteiger partial charge in [-0.25, -0.2) is 4.79 Å². The largest absolute Gasteiger partial charge is 0.393 e. The van der Waals surface area contributed by atoms with E-state index >= 15 is 0 Å². The number of nitrogens with one attached hydrogen (secondary N) is 1. The smallest absolute Gasteiger partial charge is 0.326 e. The van der Waals surface area contributed by atoms with Crippen LogP contribution in [0.4, 0.5) is 0 Å². The van der Waals surface area contributed by atoms with Crippen molar-refractivity contribution in [2.75, 3.05) is 13.1 Å². The summed E-state index contributed by atoms with van der Waals surface area (Å²) in [5, 5.41) is 9.72. The normalized spacial score (nSPS) is 22.8. The summed E-state index contributed by atoms with van der Waals surface area (Å²) in [5.74, 6) is 0.121. The van der Waals surface area contributed by atoms with Crippen molar-refractivity contribution in [3.8, 4) is 0 Å². The zero-order chi connectivity index (χ0) is 17.6. The Morgan fingerprint density at radius 3 is 2.72 bits per heavy atom. The molecule has 1 aliphatic heterocycles. The van der Waals surface area contributed by atoms with Gasteiger partial charge in [-0.15, -0.1) is 0 Å². The van der Waals surface area contributed by atoms with Gasteiger partial charge in [-0.2, -0.15) is 0 Å². The first-order valence-corrected chi connectivity index (χ1v) is 9.26. The lowest BCUT2D eigenvalue weighted by molar-refractivity contribution is 0.0762. The van der Waals surface area contributed by atoms with E-state index in [4.69, 9.17) is 0 Å². The summed E-state index contributed by atoms with van der Waals surface area (Å²) in [6, 6.07) is 5.77. The lowest BCUT2D eigenvalue weighted by Gasteiger charge is -2.18. The quantitative estimate of drug-likeness (QED) is 0.897. The van der Waals surface area contributed by atoms with Gasteiger partial charge < -0.3 is 15.0 Å². The van der Waals surface area contributed by atoms with E-state index in [9.17, 15) is 14.7 Å². The Morgan fingerprint density at radius 2 is 2.04 bits per heavy atom. The van der Waals surface area contributed by atoms with Crippen LogP contribution >= 0.6 is 0 Å². The molecule has 1 saturated heterocycles. The Labute approximate surface area is 146 Å². The minimum absolute atomic E-state index is 0.0282. The van der Waals surface area contributed by atoms with Crippen molar-refractivity contribution >= 4 is 16.9 Å². The molecule has 2 aromatic rings. The van der Waals surface area contributed by atoms with E-state index in [2.05, 4.69) is 4.98 Å². The predicted molar refractivity (Wildman–Crippen MR) is 95.8 cm³/mol. The number of imidazole rings is 1. The Balaban J connectivity index is 1.61. The summed E-state index contributed by atoms with van der Waals surface area (Å²) in [4.78, 5) is 29.8. The summed E-state index contributed by atoms with van der Waals surface area (Å²) in [6.45, 7) is 3.04. The van der Waals surface area contributed by atoms with Crippen LogP contribution in [-0.4, -0.2) is 44.7 Å². The van der Waals surface area contributed by atoms with Gasteiger partial charge in [-0.1, -0.05) is 12.8 Å². The van der Waals surface area contributed by atoms with Crippen LogP contribution in [0.5, 0.6) is 0 Å². The molecular formula is C19H25N3O3. The van der Waals surface area contributed by atoms with Crippen LogP contribution in [0, 0.1) is 5.92 Å². The molecule has 6 nitrogen and oxygen atoms in total. The molecule has 2 fully saturated rings. The first-order valence-electron chi connectivity index (χ1n) is 9.26. The average molecular weight is 343 g/mol. The lowest BCUT2D eigenvalue weighted by atomic mass is 10.0. The van der Waals surface area contributed by atoms with Crippen LogP contribution in [0.3, 0.4) is 0 Å². The first-order chi connectivity index (χ1) is 12.0. The monoisotopic (exact) mass is 343 g/mol. The molecule has 4 rings (SSSR count). The number of carbonyl (C=O) groups excluding carboxylic acids is 1. The number of likely N-dealkylation sites (tertiary alicyclic amines) is 1. The molecule has 1 aliphatic carbocycles. The molecule has 0 radical (unpaired) electrons. The number of H-pyrrole nitrogens is 1. The molecule has 2 heterocycles. The zero-order valence-electron chi connectivity index (χ0n) is 14.6. The van der Waals surface area contributed by atoms with Crippen molar-refractivity contribution in [2.45, 2.75) is 51.2 Å². The first kappa shape index (κ1) is 16.4. The number of nitrogens with zero attached hydrogens (tertiary/aromatic N) is 2.